The molecule has 9 nitrogen and oxygen atoms in total. The van der Waals surface area contributed by atoms with Crippen LogP contribution in [0.5, 0.6) is 17.2 Å². The van der Waals surface area contributed by atoms with Crippen LogP contribution in [-0.4, -0.2) is 48.0 Å². The average molecular weight is 645 g/mol. The monoisotopic (exact) mass is 642 g/mol. The van der Waals surface area contributed by atoms with Gasteiger partial charge >= 0.3 is 10.4 Å². The third-order valence-corrected chi connectivity index (χ3v) is 7.51. The van der Waals surface area contributed by atoms with E-state index in [-0.39, 0.29) is 59.2 Å². The van der Waals surface area contributed by atoms with Crippen LogP contribution in [0.3, 0.4) is 0 Å². The molecular weight excluding hydrogens is 632 g/mol. The van der Waals surface area contributed by atoms with Crippen molar-refractivity contribution in [1.29, 1.82) is 0 Å². The second-order valence-corrected chi connectivity index (χ2v) is 10.0. The summed E-state index contributed by atoms with van der Waals surface area (Å²) in [6.45, 7) is 1.36. The van der Waals surface area contributed by atoms with Crippen molar-refractivity contribution in [2.75, 3.05) is 7.11 Å². The minimum Gasteiger partial charge on any atom is -0.506 e. The lowest BCUT2D eigenvalue weighted by Crippen LogP contribution is -2.24. The van der Waals surface area contributed by atoms with E-state index in [1.165, 1.54) is 20.1 Å². The number of phenols is 2. The van der Waals surface area contributed by atoms with E-state index in [4.69, 9.17) is 9.29 Å². The van der Waals surface area contributed by atoms with E-state index in [1.807, 2.05) is 0 Å². The number of carbonyl (C=O) groups excluding carboxylic acids is 2. The van der Waals surface area contributed by atoms with Crippen LogP contribution in [0.4, 0.5) is 0 Å². The molecule has 13 heteroatoms. The Labute approximate surface area is 201 Å². The summed E-state index contributed by atoms with van der Waals surface area (Å²) in [4.78, 5) is 26.5. The first-order valence-electron chi connectivity index (χ1n) is 8.37. The van der Waals surface area contributed by atoms with Crippen LogP contribution in [0.15, 0.2) is 19.5 Å². The van der Waals surface area contributed by atoms with Gasteiger partial charge in [0.1, 0.15) is 21.7 Å². The summed E-state index contributed by atoms with van der Waals surface area (Å²) in [7, 11) is -3.46. The third kappa shape index (κ3) is 4.14. The highest BCUT2D eigenvalue weighted by Gasteiger charge is 2.40. The summed E-state index contributed by atoms with van der Waals surface area (Å²) in [5.74, 6) is -2.34. The first-order chi connectivity index (χ1) is 14.3. The molecule has 3 N–H and O–H groups in total. The van der Waals surface area contributed by atoms with Gasteiger partial charge in [-0.05, 0) is 66.3 Å². The van der Waals surface area contributed by atoms with E-state index < -0.39 is 33.8 Å². The Balaban J connectivity index is 2.23. The van der Waals surface area contributed by atoms with Crippen LogP contribution in [0, 0.1) is 0 Å². The fourth-order valence-electron chi connectivity index (χ4n) is 3.34. The zero-order valence-corrected chi connectivity index (χ0v) is 21.3. The molecule has 1 unspecified atom stereocenters. The Kier molecular flexibility index (Phi) is 6.58. The molecule has 0 aromatic heterocycles. The van der Waals surface area contributed by atoms with Crippen molar-refractivity contribution >= 4 is 69.8 Å². The minimum absolute atomic E-state index is 0.0359. The second-order valence-electron chi connectivity index (χ2n) is 6.58. The maximum atomic E-state index is 13.3. The molecule has 0 fully saturated rings. The third-order valence-electron chi connectivity index (χ3n) is 4.55. The van der Waals surface area contributed by atoms with Gasteiger partial charge in [0.15, 0.2) is 5.78 Å². The standard InChI is InChI=1S/C18H13Br3O9S/c1-5(30-31(26,27)28)3-6-4-7-8(16(24)11(6)19)15(23)10-9(14(7)22)12(20)17(25)13(21)18(10)29-2/h4-5,24-25H,3H2,1-2H3,(H,26,27,28). The normalized spacial score (nSPS) is 14.3. The number of phenolic OH excluding ortho intramolecular Hbond substituents is 2. The number of ether oxygens (including phenoxy) is 1. The fourth-order valence-corrected chi connectivity index (χ4v) is 5.70. The van der Waals surface area contributed by atoms with Crippen LogP contribution in [0.25, 0.3) is 0 Å². The van der Waals surface area contributed by atoms with E-state index in [9.17, 15) is 28.2 Å². The predicted molar refractivity (Wildman–Crippen MR) is 119 cm³/mol. The molecule has 2 aromatic rings. The highest BCUT2D eigenvalue weighted by atomic mass is 79.9. The summed E-state index contributed by atoms with van der Waals surface area (Å²) in [6.07, 6.45) is -1.18. The number of aromatic hydroxyl groups is 2. The van der Waals surface area contributed by atoms with Gasteiger partial charge in [0, 0.05) is 12.0 Å². The Morgan fingerprint density at radius 2 is 1.58 bits per heavy atom. The first kappa shape index (κ1) is 24.1. The maximum Gasteiger partial charge on any atom is 0.397 e. The first-order valence-corrected chi connectivity index (χ1v) is 12.1. The van der Waals surface area contributed by atoms with Crippen molar-refractivity contribution in [3.05, 3.63) is 47.3 Å². The molecule has 0 saturated heterocycles. The lowest BCUT2D eigenvalue weighted by atomic mass is 9.81. The largest absolute Gasteiger partial charge is 0.506 e. The highest BCUT2D eigenvalue weighted by Crippen LogP contribution is 2.50. The molecule has 0 saturated carbocycles. The molecule has 0 radical (unpaired) electrons. The molecule has 0 heterocycles. The number of ketones is 2. The molecule has 1 aliphatic rings. The smallest absolute Gasteiger partial charge is 0.397 e. The summed E-state index contributed by atoms with van der Waals surface area (Å²) < 4.78 is 40.5. The molecule has 0 aliphatic heterocycles. The van der Waals surface area contributed by atoms with Gasteiger partial charge in [0.2, 0.25) is 5.78 Å². The van der Waals surface area contributed by atoms with Gasteiger partial charge in [-0.25, -0.2) is 4.18 Å². The second kappa shape index (κ2) is 8.45. The van der Waals surface area contributed by atoms with Gasteiger partial charge in [-0.1, -0.05) is 0 Å². The van der Waals surface area contributed by atoms with E-state index >= 15 is 0 Å². The van der Waals surface area contributed by atoms with Crippen LogP contribution in [0.1, 0.15) is 44.3 Å². The Bertz CT molecular complexity index is 1260. The van der Waals surface area contributed by atoms with Gasteiger partial charge in [-0.2, -0.15) is 8.42 Å². The summed E-state index contributed by atoms with van der Waals surface area (Å²) in [5.41, 5.74) is -0.475. The summed E-state index contributed by atoms with van der Waals surface area (Å²) >= 11 is 9.42. The van der Waals surface area contributed by atoms with Crippen molar-refractivity contribution in [2.45, 2.75) is 19.4 Å². The predicted octanol–water partition coefficient (Wildman–Crippen LogP) is 3.92. The SMILES string of the molecule is COc1c(Br)c(O)c(Br)c2c1C(=O)c1c(cc(CC(C)OS(=O)(=O)O)c(Br)c1O)C2=O. The molecule has 1 aliphatic carbocycles. The van der Waals surface area contributed by atoms with Gasteiger partial charge < -0.3 is 14.9 Å². The van der Waals surface area contributed by atoms with Crippen LogP contribution in [-0.2, 0) is 21.0 Å². The van der Waals surface area contributed by atoms with Crippen molar-refractivity contribution in [2.24, 2.45) is 0 Å². The zero-order chi connectivity index (χ0) is 23.4. The number of benzene rings is 2. The Hall–Kier alpha value is -1.51. The number of hydrogen-bond donors (Lipinski definition) is 3. The lowest BCUT2D eigenvalue weighted by molar-refractivity contribution is 0.0972. The average Bonchev–Trinajstić information content (AvgIpc) is 2.66. The van der Waals surface area contributed by atoms with Gasteiger partial charge in [-0.3, -0.25) is 14.1 Å². The summed E-state index contributed by atoms with van der Waals surface area (Å²) in [5, 5.41) is 21.0. The van der Waals surface area contributed by atoms with Gasteiger partial charge in [0.05, 0.1) is 38.8 Å². The molecule has 0 spiro atoms. The number of methoxy groups -OCH3 is 1. The van der Waals surface area contributed by atoms with Crippen molar-refractivity contribution in [3.63, 3.8) is 0 Å². The summed E-state index contributed by atoms with van der Waals surface area (Å²) in [6, 6.07) is 1.31. The Morgan fingerprint density at radius 3 is 2.13 bits per heavy atom. The van der Waals surface area contributed by atoms with Crippen molar-refractivity contribution < 1.29 is 41.7 Å². The molecule has 166 valence electrons. The van der Waals surface area contributed by atoms with E-state index in [2.05, 4.69) is 52.0 Å². The molecule has 31 heavy (non-hydrogen) atoms. The molecule has 3 rings (SSSR count). The van der Waals surface area contributed by atoms with Crippen LogP contribution >= 0.6 is 47.8 Å². The number of hydrogen-bond acceptors (Lipinski definition) is 8. The lowest BCUT2D eigenvalue weighted by Gasteiger charge is -2.24. The number of halogens is 3. The van der Waals surface area contributed by atoms with E-state index in [0.717, 1.165) is 0 Å². The molecule has 0 amide bonds. The Morgan fingerprint density at radius 1 is 0.968 bits per heavy atom. The zero-order valence-electron chi connectivity index (χ0n) is 15.7. The van der Waals surface area contributed by atoms with Crippen molar-refractivity contribution in [1.82, 2.24) is 0 Å². The van der Waals surface area contributed by atoms with Crippen molar-refractivity contribution in [3.8, 4) is 17.2 Å². The topological polar surface area (TPSA) is 147 Å². The van der Waals surface area contributed by atoms with Crippen LogP contribution < -0.4 is 4.74 Å². The highest BCUT2D eigenvalue weighted by molar-refractivity contribution is 9.11. The minimum atomic E-state index is -4.72. The molecule has 2 aromatic carbocycles. The van der Waals surface area contributed by atoms with E-state index in [1.54, 1.807) is 0 Å². The maximum absolute atomic E-state index is 13.3. The van der Waals surface area contributed by atoms with Crippen LogP contribution in [0.2, 0.25) is 0 Å². The van der Waals surface area contributed by atoms with Gasteiger partial charge in [0.25, 0.3) is 0 Å². The van der Waals surface area contributed by atoms with Gasteiger partial charge in [-0.15, -0.1) is 0 Å². The number of fused-ring (bicyclic) bond motifs is 2. The number of rotatable bonds is 5. The number of carbonyl (C=O) groups is 2. The fraction of sp³-hybridized carbons (Fsp3) is 0.222. The van der Waals surface area contributed by atoms with E-state index in [0.29, 0.717) is 0 Å². The molecule has 1 atom stereocenters. The molecule has 0 bridgehead atoms. The molecular formula is C18H13Br3O9S. The quantitative estimate of drug-likeness (QED) is 0.352.